The van der Waals surface area contributed by atoms with Gasteiger partial charge in [-0.05, 0) is 29.0 Å². The van der Waals surface area contributed by atoms with Crippen molar-refractivity contribution < 1.29 is 20.0 Å². The van der Waals surface area contributed by atoms with Gasteiger partial charge < -0.3 is 20.0 Å². The molecule has 2 heterocycles. The number of hydrogen-bond acceptors (Lipinski definition) is 6. The first kappa shape index (κ1) is 18.4. The number of fused-ring (bicyclic) bond motifs is 1. The maximum atomic E-state index is 10.2. The number of aliphatic hydroxyl groups excluding tert-OH is 2. The summed E-state index contributed by atoms with van der Waals surface area (Å²) in [7, 11) is 0. The van der Waals surface area contributed by atoms with Gasteiger partial charge in [0.05, 0.1) is 12.0 Å². The topological polar surface area (TPSA) is 124 Å². The van der Waals surface area contributed by atoms with E-state index in [1.807, 2.05) is 10.6 Å². The number of hydrogen-bond donors (Lipinski definition) is 3. The zero-order valence-electron chi connectivity index (χ0n) is 14.4. The fourth-order valence-electron chi connectivity index (χ4n) is 2.50. The van der Waals surface area contributed by atoms with Gasteiger partial charge in [0.1, 0.15) is 6.54 Å². The lowest BCUT2D eigenvalue weighted by Crippen LogP contribution is -2.40. The van der Waals surface area contributed by atoms with Crippen molar-refractivity contribution >= 4 is 17.4 Å². The first-order chi connectivity index (χ1) is 13.2. The Hall–Kier alpha value is -3.37. The van der Waals surface area contributed by atoms with Crippen LogP contribution in [0.1, 0.15) is 6.23 Å². The number of pyridine rings is 1. The molecule has 0 saturated carbocycles. The van der Waals surface area contributed by atoms with Gasteiger partial charge >= 0.3 is 0 Å². The van der Waals surface area contributed by atoms with Crippen LogP contribution in [0.4, 0.5) is 0 Å². The number of aliphatic hydroxyl groups is 2. The van der Waals surface area contributed by atoms with E-state index in [4.69, 9.17) is 5.11 Å². The molecule has 0 radical (unpaired) electrons. The van der Waals surface area contributed by atoms with Gasteiger partial charge in [-0.3, -0.25) is 0 Å². The number of azo groups is 1. The lowest BCUT2D eigenvalue weighted by Gasteiger charge is -2.02. The first-order valence-corrected chi connectivity index (χ1v) is 8.26. The largest absolute Gasteiger partial charge is 0.395 e. The van der Waals surface area contributed by atoms with Crippen LogP contribution in [-0.4, -0.2) is 44.2 Å². The second kappa shape index (κ2) is 8.83. The summed E-state index contributed by atoms with van der Waals surface area (Å²) in [5, 5.41) is 44.9. The van der Waals surface area contributed by atoms with Gasteiger partial charge in [-0.1, -0.05) is 12.1 Å². The third kappa shape index (κ3) is 4.63. The van der Waals surface area contributed by atoms with E-state index in [1.165, 1.54) is 17.2 Å². The fraction of sp³-hybridized carbons (Fsp3) is 0.235. The Morgan fingerprint density at radius 2 is 1.93 bits per heavy atom. The van der Waals surface area contributed by atoms with Gasteiger partial charge in [-0.15, -0.1) is 15.3 Å². The number of rotatable bonds is 7. The van der Waals surface area contributed by atoms with Crippen molar-refractivity contribution in [2.24, 2.45) is 20.4 Å². The molecule has 27 heavy (non-hydrogen) atoms. The summed E-state index contributed by atoms with van der Waals surface area (Å²) in [6.45, 7) is 0.590. The second-order valence-electron chi connectivity index (χ2n) is 5.62. The fourth-order valence-corrected chi connectivity index (χ4v) is 2.50. The summed E-state index contributed by atoms with van der Waals surface area (Å²) in [6, 6.07) is 10.7. The van der Waals surface area contributed by atoms with Gasteiger partial charge in [-0.25, -0.2) is 0 Å². The van der Waals surface area contributed by atoms with Crippen LogP contribution in [0.5, 0.6) is 0 Å². The lowest BCUT2D eigenvalue weighted by atomic mass is 10.3. The van der Waals surface area contributed by atoms with Crippen LogP contribution in [0, 0.1) is 0 Å². The zero-order chi connectivity index (χ0) is 19.1. The van der Waals surface area contributed by atoms with Crippen molar-refractivity contribution in [1.82, 2.24) is 9.30 Å². The van der Waals surface area contributed by atoms with Crippen molar-refractivity contribution in [2.75, 3.05) is 13.2 Å². The maximum absolute atomic E-state index is 10.2. The molecule has 0 aliphatic rings. The molecule has 1 atom stereocenters. The molecule has 2 aromatic heterocycles. The Labute approximate surface area is 154 Å². The van der Waals surface area contributed by atoms with Crippen LogP contribution in [0.3, 0.4) is 0 Å². The highest BCUT2D eigenvalue weighted by Crippen LogP contribution is 2.10. The quantitative estimate of drug-likeness (QED) is 0.140. The summed E-state index contributed by atoms with van der Waals surface area (Å²) in [5.41, 5.74) is 1.26. The Kier molecular flexibility index (Phi) is 6.02. The maximum Gasteiger partial charge on any atom is 0.287 e. The summed E-state index contributed by atoms with van der Waals surface area (Å²) in [4.78, 5) is 0. The van der Waals surface area contributed by atoms with Crippen LogP contribution in [0.2, 0.25) is 0 Å². The van der Waals surface area contributed by atoms with Crippen molar-refractivity contribution in [3.8, 4) is 0 Å². The number of aromatic nitrogens is 3. The molecule has 3 N–H and O–H groups in total. The van der Waals surface area contributed by atoms with Crippen molar-refractivity contribution in [3.05, 3.63) is 60.5 Å². The number of nitrogens with zero attached hydrogens (tertiary/aromatic N) is 7. The third-order valence-corrected chi connectivity index (χ3v) is 3.80. The molecule has 10 nitrogen and oxygen atoms in total. The standard InChI is InChI=1S/C17H20N7O3/c25-10-9-22-7-5-14(6-8-22)21-20-12-19-18-11-17(26)23-13-24(27)16-4-2-1-3-15(16)23/h1-8,12-13,17,25-27H,9-11H2/q+1. The molecule has 10 heteroatoms. The predicted molar refractivity (Wildman–Crippen MR) is 95.9 cm³/mol. The van der Waals surface area contributed by atoms with Crippen LogP contribution >= 0.6 is 0 Å². The summed E-state index contributed by atoms with van der Waals surface area (Å²) < 4.78 is 4.27. The van der Waals surface area contributed by atoms with Gasteiger partial charge in [-0.2, -0.15) is 9.68 Å². The van der Waals surface area contributed by atoms with Gasteiger partial charge in [0.2, 0.25) is 11.7 Å². The van der Waals surface area contributed by atoms with Gasteiger partial charge in [0.25, 0.3) is 6.33 Å². The average molecular weight is 370 g/mol. The number of benzene rings is 1. The Balaban J connectivity index is 1.58. The third-order valence-electron chi connectivity index (χ3n) is 3.80. The molecule has 3 aromatic rings. The van der Waals surface area contributed by atoms with Crippen LogP contribution in [0.15, 0.2) is 75.6 Å². The highest BCUT2D eigenvalue weighted by molar-refractivity contribution is 5.71. The minimum Gasteiger partial charge on any atom is -0.395 e. The van der Waals surface area contributed by atoms with E-state index in [-0.39, 0.29) is 13.2 Å². The molecule has 0 fully saturated rings. The van der Waals surface area contributed by atoms with E-state index in [0.29, 0.717) is 22.9 Å². The first-order valence-electron chi connectivity index (χ1n) is 8.26. The predicted octanol–water partition coefficient (Wildman–Crippen LogP) is 0.447. The molecule has 0 spiro atoms. The van der Waals surface area contributed by atoms with Crippen LogP contribution < -0.4 is 9.92 Å². The molecule has 0 bridgehead atoms. The van der Waals surface area contributed by atoms with Crippen LogP contribution in [0.25, 0.3) is 11.0 Å². The average Bonchev–Trinajstić information content (AvgIpc) is 3.03. The highest BCUT2D eigenvalue weighted by Gasteiger charge is 2.20. The normalized spacial score (nSPS) is 13.0. The number of imidazole rings is 1. The lowest BCUT2D eigenvalue weighted by molar-refractivity contribution is -0.735. The van der Waals surface area contributed by atoms with E-state index in [2.05, 4.69) is 20.4 Å². The summed E-state index contributed by atoms with van der Waals surface area (Å²) >= 11 is 0. The molecule has 0 aliphatic carbocycles. The minimum absolute atomic E-state index is 0.00279. The van der Waals surface area contributed by atoms with Crippen molar-refractivity contribution in [2.45, 2.75) is 12.8 Å². The Morgan fingerprint density at radius 1 is 1.15 bits per heavy atom. The number of para-hydroxylation sites is 2. The molecule has 3 rings (SSSR count). The van der Waals surface area contributed by atoms with Crippen molar-refractivity contribution in [3.63, 3.8) is 0 Å². The monoisotopic (exact) mass is 370 g/mol. The molecular formula is C17H20N7O3+. The molecule has 1 aromatic carbocycles. The molecule has 1 unspecified atom stereocenters. The Bertz CT molecular complexity index is 1000. The van der Waals surface area contributed by atoms with E-state index in [1.54, 1.807) is 42.7 Å². The zero-order valence-corrected chi connectivity index (χ0v) is 14.4. The van der Waals surface area contributed by atoms with E-state index in [0.717, 1.165) is 4.73 Å². The molecule has 140 valence electrons. The van der Waals surface area contributed by atoms with E-state index >= 15 is 0 Å². The van der Waals surface area contributed by atoms with Crippen molar-refractivity contribution in [1.29, 1.82) is 0 Å². The second-order valence-corrected chi connectivity index (χ2v) is 5.62. The van der Waals surface area contributed by atoms with Gasteiger partial charge in [0.15, 0.2) is 11.9 Å². The van der Waals surface area contributed by atoms with Gasteiger partial charge in [0, 0.05) is 18.9 Å². The van der Waals surface area contributed by atoms with E-state index < -0.39 is 6.23 Å². The summed E-state index contributed by atoms with van der Waals surface area (Å²) in [5.74, 6) is 0. The highest BCUT2D eigenvalue weighted by atomic mass is 16.5. The van der Waals surface area contributed by atoms with E-state index in [9.17, 15) is 10.3 Å². The molecule has 0 amide bonds. The Morgan fingerprint density at radius 3 is 2.70 bits per heavy atom. The minimum atomic E-state index is -0.978. The summed E-state index contributed by atoms with van der Waals surface area (Å²) in [6.07, 6.45) is 5.16. The molecular weight excluding hydrogens is 350 g/mol. The SMILES string of the molecule is OCCn1ccc(=NN=CN=NCC(O)[n+]2cn(O)c3ccccc32)cc1. The van der Waals surface area contributed by atoms with Crippen LogP contribution in [-0.2, 0) is 6.54 Å². The molecule has 0 aliphatic heterocycles. The smallest absolute Gasteiger partial charge is 0.287 e. The molecule has 0 saturated heterocycles.